The molecule has 0 fully saturated rings. The van der Waals surface area contributed by atoms with Crippen LogP contribution in [0.4, 0.5) is 0 Å². The van der Waals surface area contributed by atoms with Gasteiger partial charge in [-0.25, -0.2) is 0 Å². The van der Waals surface area contributed by atoms with Crippen LogP contribution < -0.4 is 5.32 Å². The van der Waals surface area contributed by atoms with E-state index in [9.17, 15) is 4.79 Å². The Morgan fingerprint density at radius 2 is 2.04 bits per heavy atom. The maximum atomic E-state index is 12.4. The van der Waals surface area contributed by atoms with E-state index in [4.69, 9.17) is 5.26 Å². The van der Waals surface area contributed by atoms with Crippen molar-refractivity contribution in [2.24, 2.45) is 5.92 Å². The molecule has 5 nitrogen and oxygen atoms in total. The molecule has 2 heterocycles. The second-order valence-electron chi connectivity index (χ2n) is 6.74. The number of nitrogens with one attached hydrogen (secondary N) is 1. The summed E-state index contributed by atoms with van der Waals surface area (Å²) in [5.74, 6) is 0.393. The van der Waals surface area contributed by atoms with Crippen molar-refractivity contribution in [3.63, 3.8) is 0 Å². The first-order valence-electron chi connectivity index (χ1n) is 7.95. The van der Waals surface area contributed by atoms with Crippen LogP contribution in [0.25, 0.3) is 11.3 Å². The van der Waals surface area contributed by atoms with E-state index < -0.39 is 5.41 Å². The molecule has 2 aromatic heterocycles. The highest BCUT2D eigenvalue weighted by molar-refractivity contribution is 5.87. The molecule has 2 rings (SSSR count). The minimum absolute atomic E-state index is 0.0149. The van der Waals surface area contributed by atoms with Gasteiger partial charge in [-0.05, 0) is 37.5 Å². The zero-order valence-corrected chi connectivity index (χ0v) is 14.5. The Morgan fingerprint density at radius 3 is 2.62 bits per heavy atom. The molecule has 0 aliphatic heterocycles. The summed E-state index contributed by atoms with van der Waals surface area (Å²) in [5.41, 5.74) is 2.18. The van der Waals surface area contributed by atoms with Crippen molar-refractivity contribution < 1.29 is 4.79 Å². The summed E-state index contributed by atoms with van der Waals surface area (Å²) in [6, 6.07) is 7.56. The number of carbonyl (C=O) groups is 1. The van der Waals surface area contributed by atoms with E-state index in [-0.39, 0.29) is 5.91 Å². The van der Waals surface area contributed by atoms with Gasteiger partial charge in [0, 0.05) is 30.7 Å². The van der Waals surface area contributed by atoms with Crippen LogP contribution in [0.5, 0.6) is 0 Å². The Hall–Kier alpha value is -2.74. The predicted molar refractivity (Wildman–Crippen MR) is 93.1 cm³/mol. The molecule has 0 radical (unpaired) electrons. The SMILES string of the molecule is CC(C)CNC(=O)C(C)(C)c1ccc(-c2cncc(C#N)c2)nc1. The number of carbonyl (C=O) groups excluding carboxylic acids is 1. The van der Waals surface area contributed by atoms with Gasteiger partial charge in [0.1, 0.15) is 6.07 Å². The number of amides is 1. The molecule has 2 aromatic rings. The minimum Gasteiger partial charge on any atom is -0.355 e. The number of aromatic nitrogens is 2. The van der Waals surface area contributed by atoms with Crippen LogP contribution in [0.2, 0.25) is 0 Å². The second-order valence-corrected chi connectivity index (χ2v) is 6.74. The summed E-state index contributed by atoms with van der Waals surface area (Å²) >= 11 is 0. The molecule has 0 saturated heterocycles. The quantitative estimate of drug-likeness (QED) is 0.917. The van der Waals surface area contributed by atoms with Gasteiger partial charge in [-0.2, -0.15) is 5.26 Å². The van der Waals surface area contributed by atoms with Crippen LogP contribution in [0.15, 0.2) is 36.8 Å². The number of rotatable bonds is 5. The molecule has 0 saturated carbocycles. The number of nitrogens with zero attached hydrogens (tertiary/aromatic N) is 3. The predicted octanol–water partition coefficient (Wildman–Crippen LogP) is 3.07. The fourth-order valence-electron chi connectivity index (χ4n) is 2.22. The fourth-order valence-corrected chi connectivity index (χ4v) is 2.22. The molecule has 24 heavy (non-hydrogen) atoms. The maximum absolute atomic E-state index is 12.4. The number of nitriles is 1. The van der Waals surface area contributed by atoms with Gasteiger partial charge in [-0.15, -0.1) is 0 Å². The third-order valence-electron chi connectivity index (χ3n) is 3.89. The Morgan fingerprint density at radius 1 is 1.29 bits per heavy atom. The molecule has 0 unspecified atom stereocenters. The third-order valence-corrected chi connectivity index (χ3v) is 3.89. The van der Waals surface area contributed by atoms with Crippen LogP contribution in [0, 0.1) is 17.2 Å². The molecule has 0 bridgehead atoms. The zero-order valence-electron chi connectivity index (χ0n) is 14.5. The Balaban J connectivity index is 2.21. The van der Waals surface area contributed by atoms with Crippen molar-refractivity contribution in [2.45, 2.75) is 33.1 Å². The largest absolute Gasteiger partial charge is 0.355 e. The molecular formula is C19H22N4O. The molecule has 0 atom stereocenters. The van der Waals surface area contributed by atoms with Gasteiger partial charge in [0.05, 0.1) is 16.7 Å². The van der Waals surface area contributed by atoms with Crippen LogP contribution in [0.1, 0.15) is 38.8 Å². The molecule has 1 amide bonds. The number of hydrogen-bond donors (Lipinski definition) is 1. The first kappa shape index (κ1) is 17.6. The topological polar surface area (TPSA) is 78.7 Å². The third kappa shape index (κ3) is 3.96. The lowest BCUT2D eigenvalue weighted by molar-refractivity contribution is -0.125. The lowest BCUT2D eigenvalue weighted by Crippen LogP contribution is -2.41. The van der Waals surface area contributed by atoms with Crippen molar-refractivity contribution in [3.8, 4) is 17.3 Å². The van der Waals surface area contributed by atoms with E-state index in [2.05, 4.69) is 35.2 Å². The Kier molecular flexibility index (Phi) is 5.30. The summed E-state index contributed by atoms with van der Waals surface area (Å²) in [4.78, 5) is 20.9. The standard InChI is InChI=1S/C19H22N4O/c1-13(2)9-23-18(24)19(3,4)16-5-6-17(22-12-16)15-7-14(8-20)10-21-11-15/h5-7,10-13H,9H2,1-4H3,(H,23,24). The van der Waals surface area contributed by atoms with Crippen LogP contribution in [-0.2, 0) is 10.2 Å². The van der Waals surface area contributed by atoms with Gasteiger partial charge in [0.15, 0.2) is 0 Å². The van der Waals surface area contributed by atoms with Gasteiger partial charge in [-0.3, -0.25) is 14.8 Å². The minimum atomic E-state index is -0.660. The molecule has 0 aliphatic carbocycles. The van der Waals surface area contributed by atoms with Gasteiger partial charge in [0.2, 0.25) is 5.91 Å². The van der Waals surface area contributed by atoms with Gasteiger partial charge < -0.3 is 5.32 Å². The summed E-state index contributed by atoms with van der Waals surface area (Å²) in [7, 11) is 0. The van der Waals surface area contributed by atoms with E-state index in [0.29, 0.717) is 18.0 Å². The number of pyridine rings is 2. The highest BCUT2D eigenvalue weighted by Crippen LogP contribution is 2.25. The fraction of sp³-hybridized carbons (Fsp3) is 0.368. The van der Waals surface area contributed by atoms with Gasteiger partial charge >= 0.3 is 0 Å². The van der Waals surface area contributed by atoms with Crippen LogP contribution >= 0.6 is 0 Å². The summed E-state index contributed by atoms with van der Waals surface area (Å²) in [5, 5.41) is 11.9. The van der Waals surface area contributed by atoms with E-state index in [0.717, 1.165) is 16.8 Å². The van der Waals surface area contributed by atoms with Crippen molar-refractivity contribution in [2.75, 3.05) is 6.54 Å². The highest BCUT2D eigenvalue weighted by Gasteiger charge is 2.30. The van der Waals surface area contributed by atoms with Crippen molar-refractivity contribution in [1.29, 1.82) is 5.26 Å². The van der Waals surface area contributed by atoms with Gasteiger partial charge in [-0.1, -0.05) is 19.9 Å². The number of hydrogen-bond acceptors (Lipinski definition) is 4. The summed E-state index contributed by atoms with van der Waals surface area (Å²) in [6.45, 7) is 8.55. The van der Waals surface area contributed by atoms with Crippen molar-refractivity contribution in [1.82, 2.24) is 15.3 Å². The lowest BCUT2D eigenvalue weighted by atomic mass is 9.84. The van der Waals surface area contributed by atoms with Crippen molar-refractivity contribution >= 4 is 5.91 Å². The normalized spacial score (nSPS) is 11.2. The Bertz CT molecular complexity index is 758. The highest BCUT2D eigenvalue weighted by atomic mass is 16.2. The molecule has 0 aromatic carbocycles. The van der Waals surface area contributed by atoms with Crippen molar-refractivity contribution in [3.05, 3.63) is 47.9 Å². The van der Waals surface area contributed by atoms with E-state index in [1.165, 1.54) is 6.20 Å². The van der Waals surface area contributed by atoms with E-state index in [1.807, 2.05) is 26.0 Å². The van der Waals surface area contributed by atoms with Crippen LogP contribution in [0.3, 0.4) is 0 Å². The Labute approximate surface area is 142 Å². The maximum Gasteiger partial charge on any atom is 0.230 e. The molecule has 5 heteroatoms. The monoisotopic (exact) mass is 322 g/mol. The first-order chi connectivity index (χ1) is 11.3. The van der Waals surface area contributed by atoms with Crippen LogP contribution in [-0.4, -0.2) is 22.4 Å². The average molecular weight is 322 g/mol. The summed E-state index contributed by atoms with van der Waals surface area (Å²) in [6.07, 6.45) is 4.90. The average Bonchev–Trinajstić information content (AvgIpc) is 2.59. The molecule has 0 spiro atoms. The molecular weight excluding hydrogens is 300 g/mol. The zero-order chi connectivity index (χ0) is 17.7. The van der Waals surface area contributed by atoms with Gasteiger partial charge in [0.25, 0.3) is 0 Å². The van der Waals surface area contributed by atoms with E-state index in [1.54, 1.807) is 18.5 Å². The molecule has 124 valence electrons. The second kappa shape index (κ2) is 7.22. The smallest absolute Gasteiger partial charge is 0.230 e. The molecule has 1 N–H and O–H groups in total. The lowest BCUT2D eigenvalue weighted by Gasteiger charge is -2.24. The summed E-state index contributed by atoms with van der Waals surface area (Å²) < 4.78 is 0. The first-order valence-corrected chi connectivity index (χ1v) is 7.95. The molecule has 0 aliphatic rings. The van der Waals surface area contributed by atoms with E-state index >= 15 is 0 Å².